The maximum Gasteiger partial charge on any atom is 0.169 e. The maximum absolute atomic E-state index is 6.12. The van der Waals surface area contributed by atoms with Crippen LogP contribution in [0.4, 0.5) is 0 Å². The van der Waals surface area contributed by atoms with Gasteiger partial charge in [-0.25, -0.2) is 0 Å². The SMILES string of the molecule is COc1ccc(CC(N)c2ccc(Br)o2)cc1OC. The maximum atomic E-state index is 6.12. The fraction of sp³-hybridized carbons (Fsp3) is 0.286. The van der Waals surface area contributed by atoms with Crippen molar-refractivity contribution in [2.24, 2.45) is 5.73 Å². The molecule has 1 aromatic carbocycles. The third-order valence-electron chi connectivity index (χ3n) is 2.86. The molecule has 1 unspecified atom stereocenters. The van der Waals surface area contributed by atoms with Gasteiger partial charge in [0, 0.05) is 0 Å². The molecule has 2 N–H and O–H groups in total. The Morgan fingerprint density at radius 2 is 1.89 bits per heavy atom. The van der Waals surface area contributed by atoms with Crippen molar-refractivity contribution in [3.63, 3.8) is 0 Å². The molecule has 0 aliphatic carbocycles. The number of halogens is 1. The third-order valence-corrected chi connectivity index (χ3v) is 3.29. The molecule has 0 saturated heterocycles. The lowest BCUT2D eigenvalue weighted by Crippen LogP contribution is -2.12. The molecule has 2 aromatic rings. The van der Waals surface area contributed by atoms with Crippen LogP contribution in [0.25, 0.3) is 0 Å². The van der Waals surface area contributed by atoms with E-state index in [1.165, 1.54) is 0 Å². The third kappa shape index (κ3) is 3.30. The normalized spacial score (nSPS) is 12.2. The van der Waals surface area contributed by atoms with E-state index in [1.54, 1.807) is 14.2 Å². The largest absolute Gasteiger partial charge is 0.493 e. The van der Waals surface area contributed by atoms with Crippen LogP contribution in [-0.2, 0) is 6.42 Å². The van der Waals surface area contributed by atoms with Gasteiger partial charge < -0.3 is 19.6 Å². The minimum atomic E-state index is -0.190. The second-order valence-electron chi connectivity index (χ2n) is 4.14. The van der Waals surface area contributed by atoms with Gasteiger partial charge in [-0.15, -0.1) is 0 Å². The Morgan fingerprint density at radius 3 is 2.47 bits per heavy atom. The zero-order valence-corrected chi connectivity index (χ0v) is 12.4. The highest BCUT2D eigenvalue weighted by Crippen LogP contribution is 2.29. The predicted molar refractivity (Wildman–Crippen MR) is 76.6 cm³/mol. The molecule has 1 aromatic heterocycles. The summed E-state index contributed by atoms with van der Waals surface area (Å²) in [4.78, 5) is 0. The van der Waals surface area contributed by atoms with Crippen molar-refractivity contribution in [3.05, 3.63) is 46.3 Å². The lowest BCUT2D eigenvalue weighted by molar-refractivity contribution is 0.354. The highest BCUT2D eigenvalue weighted by Gasteiger charge is 2.13. The van der Waals surface area contributed by atoms with E-state index in [1.807, 2.05) is 30.3 Å². The van der Waals surface area contributed by atoms with Gasteiger partial charge in [-0.2, -0.15) is 0 Å². The number of furan rings is 1. The van der Waals surface area contributed by atoms with Gasteiger partial charge in [0.05, 0.1) is 20.3 Å². The average molecular weight is 326 g/mol. The predicted octanol–water partition coefficient (Wildman–Crippen LogP) is 3.30. The second-order valence-corrected chi connectivity index (χ2v) is 4.92. The first-order valence-corrected chi connectivity index (χ1v) is 6.65. The molecule has 0 bridgehead atoms. The number of nitrogens with two attached hydrogens (primary N) is 1. The van der Waals surface area contributed by atoms with Crippen molar-refractivity contribution in [3.8, 4) is 11.5 Å². The summed E-state index contributed by atoms with van der Waals surface area (Å²) in [6, 6.07) is 9.29. The molecule has 19 heavy (non-hydrogen) atoms. The molecular weight excluding hydrogens is 310 g/mol. The lowest BCUT2D eigenvalue weighted by Gasteiger charge is -2.12. The fourth-order valence-corrected chi connectivity index (χ4v) is 2.21. The van der Waals surface area contributed by atoms with Crippen LogP contribution in [0.3, 0.4) is 0 Å². The summed E-state index contributed by atoms with van der Waals surface area (Å²) in [5, 5.41) is 0. The van der Waals surface area contributed by atoms with Crippen LogP contribution in [0.2, 0.25) is 0 Å². The van der Waals surface area contributed by atoms with Crippen LogP contribution in [0.1, 0.15) is 17.4 Å². The van der Waals surface area contributed by atoms with E-state index in [-0.39, 0.29) is 6.04 Å². The molecule has 1 heterocycles. The van der Waals surface area contributed by atoms with Gasteiger partial charge in [0.15, 0.2) is 16.2 Å². The standard InChI is InChI=1S/C14H16BrNO3/c1-17-12-4-3-9(8-13(12)18-2)7-10(16)11-5-6-14(15)19-11/h3-6,8,10H,7,16H2,1-2H3. The minimum absolute atomic E-state index is 0.190. The lowest BCUT2D eigenvalue weighted by atomic mass is 10.0. The van der Waals surface area contributed by atoms with Crippen LogP contribution in [0.5, 0.6) is 11.5 Å². The van der Waals surface area contributed by atoms with Crippen LogP contribution < -0.4 is 15.2 Å². The van der Waals surface area contributed by atoms with Crippen molar-refractivity contribution in [1.82, 2.24) is 0 Å². The minimum Gasteiger partial charge on any atom is -0.493 e. The summed E-state index contributed by atoms with van der Waals surface area (Å²) >= 11 is 3.27. The molecule has 0 aliphatic heterocycles. The number of methoxy groups -OCH3 is 2. The second kappa shape index (κ2) is 6.12. The summed E-state index contributed by atoms with van der Waals surface area (Å²) in [6.07, 6.45) is 0.667. The molecule has 1 atom stereocenters. The first kappa shape index (κ1) is 14.0. The van der Waals surface area contributed by atoms with Gasteiger partial charge in [-0.3, -0.25) is 0 Å². The Kier molecular flexibility index (Phi) is 4.50. The molecular formula is C14H16BrNO3. The molecule has 2 rings (SSSR count). The summed E-state index contributed by atoms with van der Waals surface area (Å²) < 4.78 is 16.6. The summed E-state index contributed by atoms with van der Waals surface area (Å²) in [5.74, 6) is 2.16. The molecule has 0 radical (unpaired) electrons. The number of hydrogen-bond donors (Lipinski definition) is 1. The number of rotatable bonds is 5. The van der Waals surface area contributed by atoms with Gasteiger partial charge >= 0.3 is 0 Å². The first-order chi connectivity index (χ1) is 9.13. The van der Waals surface area contributed by atoms with E-state index >= 15 is 0 Å². The van der Waals surface area contributed by atoms with Gasteiger partial charge in [0.1, 0.15) is 5.76 Å². The average Bonchev–Trinajstić information content (AvgIpc) is 2.85. The Balaban J connectivity index is 2.14. The van der Waals surface area contributed by atoms with E-state index in [4.69, 9.17) is 19.6 Å². The summed E-state index contributed by atoms with van der Waals surface area (Å²) in [5.41, 5.74) is 7.18. The highest BCUT2D eigenvalue weighted by atomic mass is 79.9. The van der Waals surface area contributed by atoms with Crippen molar-refractivity contribution >= 4 is 15.9 Å². The van der Waals surface area contributed by atoms with Crippen molar-refractivity contribution in [1.29, 1.82) is 0 Å². The van der Waals surface area contributed by atoms with Gasteiger partial charge in [0.2, 0.25) is 0 Å². The van der Waals surface area contributed by atoms with Crippen LogP contribution >= 0.6 is 15.9 Å². The Hall–Kier alpha value is -1.46. The first-order valence-electron chi connectivity index (χ1n) is 5.85. The number of benzene rings is 1. The molecule has 102 valence electrons. The quantitative estimate of drug-likeness (QED) is 0.916. The molecule has 0 aliphatic rings. The number of ether oxygens (including phenoxy) is 2. The van der Waals surface area contributed by atoms with E-state index in [9.17, 15) is 0 Å². The molecule has 5 heteroatoms. The summed E-state index contributed by atoms with van der Waals surface area (Å²) in [6.45, 7) is 0. The van der Waals surface area contributed by atoms with Gasteiger partial charge in [-0.05, 0) is 52.2 Å². The van der Waals surface area contributed by atoms with Gasteiger partial charge in [0.25, 0.3) is 0 Å². The van der Waals surface area contributed by atoms with Crippen molar-refractivity contribution in [2.75, 3.05) is 14.2 Å². The van der Waals surface area contributed by atoms with Crippen molar-refractivity contribution in [2.45, 2.75) is 12.5 Å². The molecule has 0 amide bonds. The fourth-order valence-electron chi connectivity index (χ4n) is 1.89. The van der Waals surface area contributed by atoms with Crippen LogP contribution in [-0.4, -0.2) is 14.2 Å². The van der Waals surface area contributed by atoms with Gasteiger partial charge in [-0.1, -0.05) is 6.07 Å². The molecule has 0 spiro atoms. The van der Waals surface area contributed by atoms with Crippen molar-refractivity contribution < 1.29 is 13.9 Å². The van der Waals surface area contributed by atoms with Crippen LogP contribution in [0.15, 0.2) is 39.4 Å². The summed E-state index contributed by atoms with van der Waals surface area (Å²) in [7, 11) is 3.23. The smallest absolute Gasteiger partial charge is 0.169 e. The monoisotopic (exact) mass is 325 g/mol. The zero-order chi connectivity index (χ0) is 13.8. The highest BCUT2D eigenvalue weighted by molar-refractivity contribution is 9.10. The molecule has 4 nitrogen and oxygen atoms in total. The molecule has 0 saturated carbocycles. The van der Waals surface area contributed by atoms with E-state index in [2.05, 4.69) is 15.9 Å². The Bertz CT molecular complexity index is 553. The Labute approximate surface area is 120 Å². The number of hydrogen-bond acceptors (Lipinski definition) is 4. The molecule has 0 fully saturated rings. The van der Waals surface area contributed by atoms with E-state index in [0.717, 1.165) is 11.3 Å². The van der Waals surface area contributed by atoms with E-state index < -0.39 is 0 Å². The van der Waals surface area contributed by atoms with Crippen LogP contribution in [0, 0.1) is 0 Å². The Morgan fingerprint density at radius 1 is 1.16 bits per heavy atom. The van der Waals surface area contributed by atoms with E-state index in [0.29, 0.717) is 22.6 Å². The topological polar surface area (TPSA) is 57.6 Å². The zero-order valence-electron chi connectivity index (χ0n) is 10.9.